The third kappa shape index (κ3) is 3.80. The minimum Gasteiger partial charge on any atom is -0.371 e. The number of hydrogen-bond donors (Lipinski definition) is 0. The molecular formula is C20H23NO2. The Kier molecular flexibility index (Phi) is 4.22. The Morgan fingerprint density at radius 3 is 2.22 bits per heavy atom. The van der Waals surface area contributed by atoms with Crippen molar-refractivity contribution < 1.29 is 9.53 Å². The number of benzene rings is 2. The van der Waals surface area contributed by atoms with Gasteiger partial charge in [-0.2, -0.15) is 0 Å². The van der Waals surface area contributed by atoms with Crippen molar-refractivity contribution in [2.24, 2.45) is 0 Å². The van der Waals surface area contributed by atoms with E-state index in [9.17, 15) is 4.79 Å². The lowest BCUT2D eigenvalue weighted by molar-refractivity contribution is 0.0984. The zero-order valence-corrected chi connectivity index (χ0v) is 14.0. The van der Waals surface area contributed by atoms with Crippen LogP contribution in [0.15, 0.2) is 54.6 Å². The van der Waals surface area contributed by atoms with Gasteiger partial charge < -0.3 is 9.64 Å². The molecule has 1 fully saturated rings. The van der Waals surface area contributed by atoms with Crippen LogP contribution >= 0.6 is 0 Å². The molecule has 2 aromatic rings. The first kappa shape index (κ1) is 15.8. The number of amides is 1. The van der Waals surface area contributed by atoms with Crippen LogP contribution in [0.2, 0.25) is 0 Å². The Labute approximate surface area is 137 Å². The molecule has 3 nitrogen and oxygen atoms in total. The molecule has 3 heteroatoms. The maximum atomic E-state index is 12.9. The van der Waals surface area contributed by atoms with E-state index in [0.717, 1.165) is 12.3 Å². The van der Waals surface area contributed by atoms with Gasteiger partial charge in [0.15, 0.2) is 0 Å². The Morgan fingerprint density at radius 2 is 1.70 bits per heavy atom. The zero-order valence-electron chi connectivity index (χ0n) is 14.0. The summed E-state index contributed by atoms with van der Waals surface area (Å²) in [5.74, 6) is 0.0182. The summed E-state index contributed by atoms with van der Waals surface area (Å²) in [6.45, 7) is 7.90. The van der Waals surface area contributed by atoms with Crippen LogP contribution < -0.4 is 4.90 Å². The van der Waals surface area contributed by atoms with E-state index >= 15 is 0 Å². The highest BCUT2D eigenvalue weighted by Crippen LogP contribution is 2.27. The van der Waals surface area contributed by atoms with Gasteiger partial charge in [0.1, 0.15) is 0 Å². The lowest BCUT2D eigenvalue weighted by Gasteiger charge is -2.24. The molecule has 1 aliphatic heterocycles. The van der Waals surface area contributed by atoms with Gasteiger partial charge in [-0.15, -0.1) is 0 Å². The van der Waals surface area contributed by atoms with Crippen molar-refractivity contribution in [3.8, 4) is 0 Å². The number of carbonyl (C=O) groups excluding carboxylic acids is 1. The van der Waals surface area contributed by atoms with E-state index in [1.807, 2.05) is 47.4 Å². The second kappa shape index (κ2) is 6.17. The smallest absolute Gasteiger partial charge is 0.258 e. The number of nitrogens with zero attached hydrogens (tertiary/aromatic N) is 1. The Morgan fingerprint density at radius 1 is 1.09 bits per heavy atom. The van der Waals surface area contributed by atoms with Crippen molar-refractivity contribution in [2.75, 3.05) is 18.1 Å². The van der Waals surface area contributed by atoms with E-state index < -0.39 is 0 Å². The van der Waals surface area contributed by atoms with Gasteiger partial charge in [-0.05, 0) is 35.2 Å². The van der Waals surface area contributed by atoms with E-state index in [0.29, 0.717) is 12.1 Å². The summed E-state index contributed by atoms with van der Waals surface area (Å²) in [4.78, 5) is 14.7. The SMILES string of the molecule is CC(C)(C)c1ccc(N(CC2CO2)C(=O)c2ccccc2)cc1. The summed E-state index contributed by atoms with van der Waals surface area (Å²) in [7, 11) is 0. The predicted molar refractivity (Wildman–Crippen MR) is 93.0 cm³/mol. The molecule has 1 heterocycles. The van der Waals surface area contributed by atoms with Crippen LogP contribution in [0.1, 0.15) is 36.7 Å². The molecule has 0 aromatic heterocycles. The molecule has 0 spiro atoms. The minimum absolute atomic E-state index is 0.0182. The van der Waals surface area contributed by atoms with Crippen molar-refractivity contribution >= 4 is 11.6 Å². The fraction of sp³-hybridized carbons (Fsp3) is 0.350. The Bertz CT molecular complexity index is 667. The Hall–Kier alpha value is -2.13. The summed E-state index contributed by atoms with van der Waals surface area (Å²) < 4.78 is 5.33. The van der Waals surface area contributed by atoms with Gasteiger partial charge in [-0.1, -0.05) is 51.1 Å². The number of epoxide rings is 1. The molecule has 1 atom stereocenters. The predicted octanol–water partition coefficient (Wildman–Crippen LogP) is 4.03. The standard InChI is InChI=1S/C20H23NO2/c1-20(2,3)16-9-11-17(12-10-16)21(13-18-14-23-18)19(22)15-7-5-4-6-8-15/h4-12,18H,13-14H2,1-3H3. The first-order chi connectivity index (χ1) is 10.9. The van der Waals surface area contributed by atoms with Crippen LogP contribution in [-0.2, 0) is 10.2 Å². The topological polar surface area (TPSA) is 32.8 Å². The van der Waals surface area contributed by atoms with Gasteiger partial charge in [0, 0.05) is 11.3 Å². The van der Waals surface area contributed by atoms with Crippen molar-refractivity contribution in [1.29, 1.82) is 0 Å². The highest BCUT2D eigenvalue weighted by atomic mass is 16.6. The third-order valence-corrected chi connectivity index (χ3v) is 4.10. The average molecular weight is 309 g/mol. The van der Waals surface area contributed by atoms with Crippen molar-refractivity contribution in [3.05, 3.63) is 65.7 Å². The average Bonchev–Trinajstić information content (AvgIpc) is 3.36. The largest absolute Gasteiger partial charge is 0.371 e. The van der Waals surface area contributed by atoms with Gasteiger partial charge in [0.25, 0.3) is 5.91 Å². The summed E-state index contributed by atoms with van der Waals surface area (Å²) in [5.41, 5.74) is 2.98. The number of rotatable bonds is 4. The molecule has 23 heavy (non-hydrogen) atoms. The van der Waals surface area contributed by atoms with Crippen LogP contribution in [0.25, 0.3) is 0 Å². The van der Waals surface area contributed by atoms with Crippen LogP contribution in [0.4, 0.5) is 5.69 Å². The fourth-order valence-corrected chi connectivity index (χ4v) is 2.56. The number of ether oxygens (including phenoxy) is 1. The maximum absolute atomic E-state index is 12.9. The van der Waals surface area contributed by atoms with Gasteiger partial charge in [0.05, 0.1) is 19.3 Å². The van der Waals surface area contributed by atoms with Crippen molar-refractivity contribution in [3.63, 3.8) is 0 Å². The first-order valence-corrected chi connectivity index (χ1v) is 8.04. The van der Waals surface area contributed by atoms with Gasteiger partial charge in [-0.3, -0.25) is 4.79 Å². The second-order valence-electron chi connectivity index (χ2n) is 7.03. The zero-order chi connectivity index (χ0) is 16.4. The summed E-state index contributed by atoms with van der Waals surface area (Å²) in [5, 5.41) is 0. The molecule has 120 valence electrons. The molecule has 0 saturated carbocycles. The molecule has 1 amide bonds. The van der Waals surface area contributed by atoms with Crippen LogP contribution in [0.3, 0.4) is 0 Å². The van der Waals surface area contributed by atoms with Crippen molar-refractivity contribution in [1.82, 2.24) is 0 Å². The maximum Gasteiger partial charge on any atom is 0.258 e. The molecule has 2 aromatic carbocycles. The lowest BCUT2D eigenvalue weighted by atomic mass is 9.87. The van der Waals surface area contributed by atoms with E-state index in [2.05, 4.69) is 32.9 Å². The molecule has 0 radical (unpaired) electrons. The normalized spacial score (nSPS) is 16.9. The molecule has 0 aliphatic carbocycles. The number of carbonyl (C=O) groups is 1. The summed E-state index contributed by atoms with van der Waals surface area (Å²) in [6.07, 6.45) is 0.157. The van der Waals surface area contributed by atoms with Crippen LogP contribution in [0, 0.1) is 0 Å². The Balaban J connectivity index is 1.88. The van der Waals surface area contributed by atoms with E-state index in [4.69, 9.17) is 4.74 Å². The monoisotopic (exact) mass is 309 g/mol. The molecule has 1 aliphatic rings. The van der Waals surface area contributed by atoms with Gasteiger partial charge in [-0.25, -0.2) is 0 Å². The summed E-state index contributed by atoms with van der Waals surface area (Å²) >= 11 is 0. The van der Waals surface area contributed by atoms with Crippen LogP contribution in [0.5, 0.6) is 0 Å². The van der Waals surface area contributed by atoms with E-state index in [1.54, 1.807) is 0 Å². The molecule has 3 rings (SSSR count). The molecule has 0 N–H and O–H groups in total. The van der Waals surface area contributed by atoms with Crippen LogP contribution in [-0.4, -0.2) is 25.2 Å². The quantitative estimate of drug-likeness (QED) is 0.799. The van der Waals surface area contributed by atoms with Crippen molar-refractivity contribution in [2.45, 2.75) is 32.3 Å². The highest BCUT2D eigenvalue weighted by molar-refractivity contribution is 6.06. The first-order valence-electron chi connectivity index (χ1n) is 8.04. The lowest BCUT2D eigenvalue weighted by Crippen LogP contribution is -2.34. The van der Waals surface area contributed by atoms with E-state index in [1.165, 1.54) is 5.56 Å². The molecular weight excluding hydrogens is 286 g/mol. The number of anilines is 1. The summed E-state index contributed by atoms with van der Waals surface area (Å²) in [6, 6.07) is 17.7. The van der Waals surface area contributed by atoms with Gasteiger partial charge in [0.2, 0.25) is 0 Å². The van der Waals surface area contributed by atoms with Gasteiger partial charge >= 0.3 is 0 Å². The minimum atomic E-state index is 0.0182. The second-order valence-corrected chi connectivity index (χ2v) is 7.03. The molecule has 0 bridgehead atoms. The fourth-order valence-electron chi connectivity index (χ4n) is 2.56. The molecule has 1 saturated heterocycles. The molecule has 1 unspecified atom stereocenters. The number of hydrogen-bond acceptors (Lipinski definition) is 2. The van der Waals surface area contributed by atoms with E-state index in [-0.39, 0.29) is 17.4 Å². The third-order valence-electron chi connectivity index (χ3n) is 4.10. The highest BCUT2D eigenvalue weighted by Gasteiger charge is 2.29.